The quantitative estimate of drug-likeness (QED) is 0.844. The van der Waals surface area contributed by atoms with Crippen molar-refractivity contribution in [2.75, 3.05) is 25.5 Å². The smallest absolute Gasteiger partial charge is 0.307 e. The van der Waals surface area contributed by atoms with Crippen molar-refractivity contribution >= 4 is 17.6 Å². The molecule has 7 heteroatoms. The van der Waals surface area contributed by atoms with Crippen LogP contribution in [0.2, 0.25) is 0 Å². The fourth-order valence-corrected chi connectivity index (χ4v) is 2.73. The van der Waals surface area contributed by atoms with E-state index < -0.39 is 11.6 Å². The van der Waals surface area contributed by atoms with Gasteiger partial charge in [-0.3, -0.25) is 14.5 Å². The van der Waals surface area contributed by atoms with E-state index in [2.05, 4.69) is 10.1 Å². The highest BCUT2D eigenvalue weighted by Gasteiger charge is 2.26. The third-order valence-electron chi connectivity index (χ3n) is 3.93. The molecule has 126 valence electrons. The Balaban J connectivity index is 1.93. The van der Waals surface area contributed by atoms with Gasteiger partial charge in [0.1, 0.15) is 0 Å². The molecule has 1 aliphatic heterocycles. The van der Waals surface area contributed by atoms with E-state index in [9.17, 15) is 18.4 Å². The first-order valence-electron chi connectivity index (χ1n) is 7.55. The Morgan fingerprint density at radius 2 is 2.09 bits per heavy atom. The molecule has 1 aromatic rings. The number of methoxy groups -OCH3 is 1. The number of piperidine rings is 1. The molecule has 23 heavy (non-hydrogen) atoms. The van der Waals surface area contributed by atoms with Gasteiger partial charge in [-0.25, -0.2) is 8.78 Å². The summed E-state index contributed by atoms with van der Waals surface area (Å²) in [6, 6.07) is 3.17. The van der Waals surface area contributed by atoms with Gasteiger partial charge in [0.15, 0.2) is 11.6 Å². The Hall–Kier alpha value is -2.02. The van der Waals surface area contributed by atoms with Gasteiger partial charge in [-0.05, 0) is 31.5 Å². The summed E-state index contributed by atoms with van der Waals surface area (Å²) in [4.78, 5) is 25.5. The zero-order chi connectivity index (χ0) is 16.8. The van der Waals surface area contributed by atoms with Crippen LogP contribution < -0.4 is 5.32 Å². The second-order valence-corrected chi connectivity index (χ2v) is 5.58. The van der Waals surface area contributed by atoms with Crippen molar-refractivity contribution in [3.63, 3.8) is 0 Å². The Kier molecular flexibility index (Phi) is 6.04. The maximum atomic E-state index is 13.1. The number of rotatable bonds is 5. The van der Waals surface area contributed by atoms with E-state index >= 15 is 0 Å². The van der Waals surface area contributed by atoms with E-state index in [0.717, 1.165) is 31.4 Å². The van der Waals surface area contributed by atoms with Gasteiger partial charge < -0.3 is 10.1 Å². The predicted molar refractivity (Wildman–Crippen MR) is 80.8 cm³/mol. The number of carbonyl (C=O) groups is 2. The van der Waals surface area contributed by atoms with E-state index in [4.69, 9.17) is 0 Å². The number of likely N-dealkylation sites (tertiary alicyclic amines) is 1. The summed E-state index contributed by atoms with van der Waals surface area (Å²) in [7, 11) is 1.34. The highest BCUT2D eigenvalue weighted by atomic mass is 19.2. The number of halogens is 2. The summed E-state index contributed by atoms with van der Waals surface area (Å²) in [5.74, 6) is -2.60. The zero-order valence-corrected chi connectivity index (χ0v) is 13.0. The predicted octanol–water partition coefficient (Wildman–Crippen LogP) is 2.32. The molecule has 0 spiro atoms. The van der Waals surface area contributed by atoms with Crippen molar-refractivity contribution in [2.24, 2.45) is 0 Å². The lowest BCUT2D eigenvalue weighted by Gasteiger charge is -2.34. The molecule has 0 radical (unpaired) electrons. The van der Waals surface area contributed by atoms with E-state index in [0.29, 0.717) is 6.54 Å². The van der Waals surface area contributed by atoms with Crippen LogP contribution in [0.15, 0.2) is 18.2 Å². The molecule has 1 saturated heterocycles. The summed E-state index contributed by atoms with van der Waals surface area (Å²) in [6.45, 7) is 0.813. The maximum Gasteiger partial charge on any atom is 0.307 e. The maximum absolute atomic E-state index is 13.1. The van der Waals surface area contributed by atoms with Crippen LogP contribution in [0.4, 0.5) is 14.5 Å². The minimum atomic E-state index is -1.01. The number of anilines is 1. The van der Waals surface area contributed by atoms with Gasteiger partial charge in [0, 0.05) is 17.8 Å². The molecule has 2 rings (SSSR count). The van der Waals surface area contributed by atoms with Crippen LogP contribution >= 0.6 is 0 Å². The molecule has 0 saturated carbocycles. The SMILES string of the molecule is COC(=O)C[C@H]1CCCCN1CC(=O)Nc1ccc(F)c(F)c1. The number of hydrogen-bond donors (Lipinski definition) is 1. The molecular formula is C16H20F2N2O3. The topological polar surface area (TPSA) is 58.6 Å². The first kappa shape index (κ1) is 17.3. The van der Waals surface area contributed by atoms with Gasteiger partial charge in [0.2, 0.25) is 5.91 Å². The lowest BCUT2D eigenvalue weighted by atomic mass is 9.99. The first-order chi connectivity index (χ1) is 11.0. The van der Waals surface area contributed by atoms with Gasteiger partial charge >= 0.3 is 5.97 Å². The summed E-state index contributed by atoms with van der Waals surface area (Å²) in [6.07, 6.45) is 3.03. The van der Waals surface area contributed by atoms with E-state index in [1.807, 2.05) is 4.90 Å². The Morgan fingerprint density at radius 1 is 1.30 bits per heavy atom. The largest absolute Gasteiger partial charge is 0.469 e. The van der Waals surface area contributed by atoms with E-state index in [1.54, 1.807) is 0 Å². The number of esters is 1. The van der Waals surface area contributed by atoms with E-state index in [1.165, 1.54) is 13.2 Å². The average molecular weight is 326 g/mol. The Labute approximate surface area is 133 Å². The highest BCUT2D eigenvalue weighted by molar-refractivity contribution is 5.92. The Morgan fingerprint density at radius 3 is 2.78 bits per heavy atom. The van der Waals surface area contributed by atoms with Crippen LogP contribution in [-0.2, 0) is 14.3 Å². The molecule has 5 nitrogen and oxygen atoms in total. The van der Waals surface area contributed by atoms with Crippen molar-refractivity contribution in [1.29, 1.82) is 0 Å². The van der Waals surface area contributed by atoms with Gasteiger partial charge in [-0.15, -0.1) is 0 Å². The number of ether oxygens (including phenoxy) is 1. The molecule has 1 atom stereocenters. The summed E-state index contributed by atoms with van der Waals surface area (Å²) < 4.78 is 30.7. The van der Waals surface area contributed by atoms with Gasteiger partial charge in [0.05, 0.1) is 20.1 Å². The van der Waals surface area contributed by atoms with Gasteiger partial charge in [0.25, 0.3) is 0 Å². The normalized spacial score (nSPS) is 18.5. The molecular weight excluding hydrogens is 306 g/mol. The van der Waals surface area contributed by atoms with Crippen LogP contribution in [0.3, 0.4) is 0 Å². The molecule has 0 unspecified atom stereocenters. The monoisotopic (exact) mass is 326 g/mol. The molecule has 1 amide bonds. The standard InChI is InChI=1S/C16H20F2N2O3/c1-23-16(22)9-12-4-2-3-7-20(12)10-15(21)19-11-5-6-13(17)14(18)8-11/h5-6,8,12H,2-4,7,9-10H2,1H3,(H,19,21)/t12-/m1/s1. The van der Waals surface area contributed by atoms with Crippen molar-refractivity contribution in [3.05, 3.63) is 29.8 Å². The highest BCUT2D eigenvalue weighted by Crippen LogP contribution is 2.20. The molecule has 1 aromatic carbocycles. The number of nitrogens with one attached hydrogen (secondary N) is 1. The minimum absolute atomic E-state index is 0.0353. The number of hydrogen-bond acceptors (Lipinski definition) is 4. The third kappa shape index (κ3) is 4.99. The minimum Gasteiger partial charge on any atom is -0.469 e. The van der Waals surface area contributed by atoms with Gasteiger partial charge in [-0.2, -0.15) is 0 Å². The fourth-order valence-electron chi connectivity index (χ4n) is 2.73. The molecule has 0 aliphatic carbocycles. The number of amides is 1. The third-order valence-corrected chi connectivity index (χ3v) is 3.93. The lowest BCUT2D eigenvalue weighted by Crippen LogP contribution is -2.45. The lowest BCUT2D eigenvalue weighted by molar-refractivity contribution is -0.142. The van der Waals surface area contributed by atoms with Crippen LogP contribution in [0, 0.1) is 11.6 Å². The van der Waals surface area contributed by atoms with Crippen molar-refractivity contribution in [2.45, 2.75) is 31.7 Å². The van der Waals surface area contributed by atoms with Crippen molar-refractivity contribution < 1.29 is 23.1 Å². The number of carbonyl (C=O) groups excluding carboxylic acids is 2. The van der Waals surface area contributed by atoms with Crippen LogP contribution in [0.25, 0.3) is 0 Å². The first-order valence-corrected chi connectivity index (χ1v) is 7.55. The second-order valence-electron chi connectivity index (χ2n) is 5.58. The van der Waals surface area contributed by atoms with Crippen molar-refractivity contribution in [3.8, 4) is 0 Å². The molecule has 1 fully saturated rings. The zero-order valence-electron chi connectivity index (χ0n) is 13.0. The van der Waals surface area contributed by atoms with Crippen LogP contribution in [0.5, 0.6) is 0 Å². The molecule has 1 aliphatic rings. The van der Waals surface area contributed by atoms with E-state index in [-0.39, 0.29) is 36.6 Å². The Bertz CT molecular complexity index is 580. The number of benzene rings is 1. The van der Waals surface area contributed by atoms with Crippen molar-refractivity contribution in [1.82, 2.24) is 4.90 Å². The average Bonchev–Trinajstić information content (AvgIpc) is 2.52. The molecule has 1 heterocycles. The summed E-state index contributed by atoms with van der Waals surface area (Å²) in [5, 5.41) is 2.54. The number of nitrogens with zero attached hydrogens (tertiary/aromatic N) is 1. The summed E-state index contributed by atoms with van der Waals surface area (Å²) >= 11 is 0. The fraction of sp³-hybridized carbons (Fsp3) is 0.500. The molecule has 0 aromatic heterocycles. The molecule has 1 N–H and O–H groups in total. The second kappa shape index (κ2) is 8.01. The summed E-state index contributed by atoms with van der Waals surface area (Å²) in [5.41, 5.74) is 0.204. The molecule has 0 bridgehead atoms. The van der Waals surface area contributed by atoms with Crippen LogP contribution in [-0.4, -0.2) is 43.0 Å². The van der Waals surface area contributed by atoms with Crippen LogP contribution in [0.1, 0.15) is 25.7 Å². The van der Waals surface area contributed by atoms with Gasteiger partial charge in [-0.1, -0.05) is 6.42 Å².